The summed E-state index contributed by atoms with van der Waals surface area (Å²) >= 11 is 0. The van der Waals surface area contributed by atoms with Crippen LogP contribution in [0.25, 0.3) is 0 Å². The van der Waals surface area contributed by atoms with Crippen molar-refractivity contribution in [1.82, 2.24) is 9.47 Å². The zero-order valence-electron chi connectivity index (χ0n) is 10.7. The van der Waals surface area contributed by atoms with Gasteiger partial charge in [0.25, 0.3) is 0 Å². The van der Waals surface area contributed by atoms with Crippen LogP contribution in [0.2, 0.25) is 0 Å². The molecule has 1 aromatic heterocycles. The standard InChI is InChI=1S/C14H22N2O/c1-2-14(17)13-6-11-16(12-13)10-5-9-15-7-3-4-8-15/h6,11-12H,2-5,7-10H2,1H3. The van der Waals surface area contributed by atoms with Gasteiger partial charge in [0.15, 0.2) is 5.78 Å². The Morgan fingerprint density at radius 1 is 1.29 bits per heavy atom. The van der Waals surface area contributed by atoms with E-state index in [1.165, 1.54) is 38.9 Å². The highest BCUT2D eigenvalue weighted by molar-refractivity contribution is 5.95. The lowest BCUT2D eigenvalue weighted by Gasteiger charge is -2.14. The average molecular weight is 234 g/mol. The first-order valence-electron chi connectivity index (χ1n) is 6.71. The number of ketones is 1. The number of likely N-dealkylation sites (tertiary alicyclic amines) is 1. The number of carbonyl (C=O) groups excluding carboxylic acids is 1. The highest BCUT2D eigenvalue weighted by atomic mass is 16.1. The molecule has 2 heterocycles. The first-order chi connectivity index (χ1) is 8.29. The Bertz CT molecular complexity index is 364. The fraction of sp³-hybridized carbons (Fsp3) is 0.643. The lowest BCUT2D eigenvalue weighted by molar-refractivity contribution is 0.0988. The molecule has 3 heteroatoms. The molecule has 0 radical (unpaired) electrons. The summed E-state index contributed by atoms with van der Waals surface area (Å²) in [5.74, 6) is 0.239. The molecule has 0 aromatic carbocycles. The number of hydrogen-bond donors (Lipinski definition) is 0. The number of rotatable bonds is 6. The Balaban J connectivity index is 1.74. The van der Waals surface area contributed by atoms with Crippen LogP contribution in [0.5, 0.6) is 0 Å². The molecule has 1 aliphatic heterocycles. The Morgan fingerprint density at radius 3 is 2.76 bits per heavy atom. The number of hydrogen-bond acceptors (Lipinski definition) is 2. The van der Waals surface area contributed by atoms with Crippen molar-refractivity contribution in [1.29, 1.82) is 0 Å². The van der Waals surface area contributed by atoms with Gasteiger partial charge < -0.3 is 9.47 Å². The molecule has 0 amide bonds. The molecular weight excluding hydrogens is 212 g/mol. The molecule has 3 nitrogen and oxygen atoms in total. The van der Waals surface area contributed by atoms with E-state index in [4.69, 9.17) is 0 Å². The SMILES string of the molecule is CCC(=O)c1ccn(CCCN2CCCC2)c1. The Kier molecular flexibility index (Phi) is 4.37. The molecular formula is C14H22N2O. The number of nitrogens with zero attached hydrogens (tertiary/aromatic N) is 2. The second-order valence-corrected chi connectivity index (χ2v) is 4.82. The van der Waals surface area contributed by atoms with E-state index < -0.39 is 0 Å². The number of aryl methyl sites for hydroxylation is 1. The normalized spacial score (nSPS) is 16.5. The molecule has 0 saturated carbocycles. The monoisotopic (exact) mass is 234 g/mol. The number of aromatic nitrogens is 1. The van der Waals surface area contributed by atoms with Gasteiger partial charge in [-0.1, -0.05) is 6.92 Å². The van der Waals surface area contributed by atoms with Gasteiger partial charge in [0.05, 0.1) is 0 Å². The molecule has 0 bridgehead atoms. The average Bonchev–Trinajstić information content (AvgIpc) is 2.99. The van der Waals surface area contributed by atoms with E-state index in [2.05, 4.69) is 9.47 Å². The van der Waals surface area contributed by atoms with Crippen LogP contribution in [0.1, 0.15) is 43.0 Å². The van der Waals surface area contributed by atoms with Crippen molar-refractivity contribution in [2.75, 3.05) is 19.6 Å². The molecule has 0 unspecified atom stereocenters. The molecule has 17 heavy (non-hydrogen) atoms. The summed E-state index contributed by atoms with van der Waals surface area (Å²) in [7, 11) is 0. The van der Waals surface area contributed by atoms with Gasteiger partial charge in [-0.3, -0.25) is 4.79 Å². The first kappa shape index (κ1) is 12.4. The van der Waals surface area contributed by atoms with Crippen LogP contribution in [0.3, 0.4) is 0 Å². The van der Waals surface area contributed by atoms with Crippen molar-refractivity contribution >= 4 is 5.78 Å². The molecule has 0 aliphatic carbocycles. The van der Waals surface area contributed by atoms with Crippen LogP contribution in [-0.2, 0) is 6.54 Å². The topological polar surface area (TPSA) is 25.2 Å². The zero-order valence-corrected chi connectivity index (χ0v) is 10.7. The summed E-state index contributed by atoms with van der Waals surface area (Å²) in [4.78, 5) is 14.0. The third-order valence-electron chi connectivity index (χ3n) is 3.48. The smallest absolute Gasteiger partial charge is 0.164 e. The second-order valence-electron chi connectivity index (χ2n) is 4.82. The highest BCUT2D eigenvalue weighted by Gasteiger charge is 2.10. The van der Waals surface area contributed by atoms with E-state index in [-0.39, 0.29) is 5.78 Å². The van der Waals surface area contributed by atoms with Gasteiger partial charge >= 0.3 is 0 Å². The summed E-state index contributed by atoms with van der Waals surface area (Å²) in [6, 6.07) is 1.93. The maximum Gasteiger partial charge on any atom is 0.164 e. The van der Waals surface area contributed by atoms with Gasteiger partial charge in [-0.15, -0.1) is 0 Å². The second kappa shape index (κ2) is 6.01. The van der Waals surface area contributed by atoms with Crippen LogP contribution in [0.15, 0.2) is 18.5 Å². The van der Waals surface area contributed by atoms with Gasteiger partial charge in [-0.25, -0.2) is 0 Å². The molecule has 1 aliphatic rings. The van der Waals surface area contributed by atoms with Gasteiger partial charge in [0, 0.05) is 30.9 Å². The molecule has 0 N–H and O–H groups in total. The van der Waals surface area contributed by atoms with Gasteiger partial charge in [-0.05, 0) is 45.0 Å². The summed E-state index contributed by atoms with van der Waals surface area (Å²) in [5.41, 5.74) is 0.855. The molecule has 0 spiro atoms. The summed E-state index contributed by atoms with van der Waals surface area (Å²) < 4.78 is 2.14. The third-order valence-corrected chi connectivity index (χ3v) is 3.48. The predicted molar refractivity (Wildman–Crippen MR) is 69.3 cm³/mol. The van der Waals surface area contributed by atoms with E-state index in [0.717, 1.165) is 12.1 Å². The van der Waals surface area contributed by atoms with Crippen LogP contribution >= 0.6 is 0 Å². The van der Waals surface area contributed by atoms with Gasteiger partial charge in [-0.2, -0.15) is 0 Å². The largest absolute Gasteiger partial charge is 0.353 e. The zero-order chi connectivity index (χ0) is 12.1. The molecule has 1 saturated heterocycles. The quantitative estimate of drug-likeness (QED) is 0.707. The summed E-state index contributed by atoms with van der Waals surface area (Å²) in [6.45, 7) is 6.66. The molecule has 1 fully saturated rings. The summed E-state index contributed by atoms with van der Waals surface area (Å²) in [5, 5.41) is 0. The molecule has 94 valence electrons. The lowest BCUT2D eigenvalue weighted by atomic mass is 10.2. The van der Waals surface area contributed by atoms with E-state index in [0.29, 0.717) is 6.42 Å². The fourth-order valence-corrected chi connectivity index (χ4v) is 2.43. The maximum absolute atomic E-state index is 11.5. The van der Waals surface area contributed by atoms with Crippen LogP contribution < -0.4 is 0 Å². The Morgan fingerprint density at radius 2 is 2.06 bits per heavy atom. The number of carbonyl (C=O) groups is 1. The Hall–Kier alpha value is -1.09. The van der Waals surface area contributed by atoms with Crippen molar-refractivity contribution in [2.45, 2.75) is 39.2 Å². The van der Waals surface area contributed by atoms with E-state index >= 15 is 0 Å². The van der Waals surface area contributed by atoms with E-state index in [9.17, 15) is 4.79 Å². The lowest BCUT2D eigenvalue weighted by Crippen LogP contribution is -2.21. The van der Waals surface area contributed by atoms with Crippen LogP contribution in [0, 0.1) is 0 Å². The minimum atomic E-state index is 0.239. The van der Waals surface area contributed by atoms with Crippen molar-refractivity contribution < 1.29 is 4.79 Å². The fourth-order valence-electron chi connectivity index (χ4n) is 2.43. The highest BCUT2D eigenvalue weighted by Crippen LogP contribution is 2.09. The van der Waals surface area contributed by atoms with Gasteiger partial charge in [0.1, 0.15) is 0 Å². The Labute approximate surface area is 103 Å². The maximum atomic E-state index is 11.5. The van der Waals surface area contributed by atoms with Gasteiger partial charge in [0.2, 0.25) is 0 Å². The molecule has 1 aromatic rings. The van der Waals surface area contributed by atoms with E-state index in [1.54, 1.807) is 0 Å². The summed E-state index contributed by atoms with van der Waals surface area (Å²) in [6.07, 6.45) is 8.49. The van der Waals surface area contributed by atoms with Crippen LogP contribution in [0.4, 0.5) is 0 Å². The van der Waals surface area contributed by atoms with Crippen molar-refractivity contribution in [3.8, 4) is 0 Å². The minimum absolute atomic E-state index is 0.239. The molecule has 0 atom stereocenters. The van der Waals surface area contributed by atoms with Crippen molar-refractivity contribution in [3.05, 3.63) is 24.0 Å². The number of Topliss-reactive ketones (excluding diaryl/α,β-unsaturated/α-hetero) is 1. The molecule has 2 rings (SSSR count). The van der Waals surface area contributed by atoms with Crippen molar-refractivity contribution in [2.24, 2.45) is 0 Å². The van der Waals surface area contributed by atoms with Crippen LogP contribution in [-0.4, -0.2) is 34.9 Å². The predicted octanol–water partition coefficient (Wildman–Crippen LogP) is 2.57. The third kappa shape index (κ3) is 3.43. The minimum Gasteiger partial charge on any atom is -0.353 e. The van der Waals surface area contributed by atoms with E-state index in [1.807, 2.05) is 25.4 Å². The first-order valence-corrected chi connectivity index (χ1v) is 6.71. The van der Waals surface area contributed by atoms with Crippen molar-refractivity contribution in [3.63, 3.8) is 0 Å².